The summed E-state index contributed by atoms with van der Waals surface area (Å²) in [5.41, 5.74) is 7.78. The second kappa shape index (κ2) is 4.82. The lowest BCUT2D eigenvalue weighted by molar-refractivity contribution is -0.117. The van der Waals surface area contributed by atoms with Gasteiger partial charge < -0.3 is 10.8 Å². The Morgan fingerprint density at radius 3 is 2.33 bits per heavy atom. The lowest BCUT2D eigenvalue weighted by Crippen LogP contribution is -2.14. The molecule has 3 nitrogen and oxygen atoms in total. The Bertz CT molecular complexity index is 372. The van der Waals surface area contributed by atoms with Crippen LogP contribution in [0.25, 0.3) is 0 Å². The summed E-state index contributed by atoms with van der Waals surface area (Å²) in [5, 5.41) is 9.94. The molecule has 0 spiro atoms. The second-order valence-electron chi connectivity index (χ2n) is 3.56. The number of nitrogens with two attached hydrogens (primary N) is 1. The summed E-state index contributed by atoms with van der Waals surface area (Å²) in [6.45, 7) is 4.03. The molecule has 0 bridgehead atoms. The highest BCUT2D eigenvalue weighted by Gasteiger charge is 2.11. The Balaban J connectivity index is 3.16. The van der Waals surface area contributed by atoms with Gasteiger partial charge in [0.05, 0.1) is 6.42 Å². The van der Waals surface area contributed by atoms with Crippen LogP contribution in [0.3, 0.4) is 0 Å². The number of phenolic OH excluding ortho intramolecular Hbond substituents is 1. The summed E-state index contributed by atoms with van der Waals surface area (Å²) in [6, 6.07) is 3.73. The van der Waals surface area contributed by atoms with Crippen molar-refractivity contribution in [2.45, 2.75) is 33.1 Å². The molecule has 0 saturated carbocycles. The number of hydrogen-bond acceptors (Lipinski definition) is 2. The molecule has 0 aromatic heterocycles. The van der Waals surface area contributed by atoms with Gasteiger partial charge in [-0.1, -0.05) is 26.0 Å². The number of primary amides is 1. The fraction of sp³-hybridized carbons (Fsp3) is 0.417. The summed E-state index contributed by atoms with van der Waals surface area (Å²) in [6.07, 6.45) is 1.75. The minimum Gasteiger partial charge on any atom is -0.507 e. The largest absolute Gasteiger partial charge is 0.507 e. The van der Waals surface area contributed by atoms with E-state index in [1.165, 1.54) is 0 Å². The first kappa shape index (κ1) is 11.6. The first-order valence-corrected chi connectivity index (χ1v) is 5.21. The van der Waals surface area contributed by atoms with E-state index >= 15 is 0 Å². The number of benzene rings is 1. The van der Waals surface area contributed by atoms with Crippen LogP contribution in [-0.4, -0.2) is 11.0 Å². The van der Waals surface area contributed by atoms with Crippen molar-refractivity contribution in [1.82, 2.24) is 0 Å². The zero-order valence-corrected chi connectivity index (χ0v) is 9.21. The monoisotopic (exact) mass is 207 g/mol. The third-order valence-corrected chi connectivity index (χ3v) is 2.56. The molecule has 1 amide bonds. The average molecular weight is 207 g/mol. The van der Waals surface area contributed by atoms with E-state index in [-0.39, 0.29) is 12.2 Å². The van der Waals surface area contributed by atoms with Crippen molar-refractivity contribution in [3.63, 3.8) is 0 Å². The van der Waals surface area contributed by atoms with Crippen LogP contribution in [0.4, 0.5) is 0 Å². The van der Waals surface area contributed by atoms with E-state index < -0.39 is 5.91 Å². The fourth-order valence-corrected chi connectivity index (χ4v) is 1.78. The molecular formula is C12H17NO2. The van der Waals surface area contributed by atoms with Crippen LogP contribution >= 0.6 is 0 Å². The number of aryl methyl sites for hydroxylation is 1. The van der Waals surface area contributed by atoms with Gasteiger partial charge in [0.15, 0.2) is 0 Å². The van der Waals surface area contributed by atoms with E-state index in [9.17, 15) is 9.90 Å². The maximum absolute atomic E-state index is 10.8. The molecule has 15 heavy (non-hydrogen) atoms. The first-order valence-electron chi connectivity index (χ1n) is 5.21. The highest BCUT2D eigenvalue weighted by atomic mass is 16.3. The summed E-state index contributed by atoms with van der Waals surface area (Å²) < 4.78 is 0. The molecule has 0 saturated heterocycles. The number of carbonyl (C=O) groups excluding carboxylic acids is 1. The molecule has 0 heterocycles. The number of amides is 1. The van der Waals surface area contributed by atoms with Crippen molar-refractivity contribution in [2.24, 2.45) is 5.73 Å². The fourth-order valence-electron chi connectivity index (χ4n) is 1.78. The zero-order chi connectivity index (χ0) is 11.4. The van der Waals surface area contributed by atoms with Crippen LogP contribution in [0.15, 0.2) is 12.1 Å². The molecule has 3 N–H and O–H groups in total. The third kappa shape index (κ3) is 2.49. The number of phenols is 1. The SMILES string of the molecule is CCc1ccc(CC(N)=O)c(O)c1CC. The van der Waals surface area contributed by atoms with Gasteiger partial charge >= 0.3 is 0 Å². The lowest BCUT2D eigenvalue weighted by Gasteiger charge is -2.11. The van der Waals surface area contributed by atoms with E-state index in [4.69, 9.17) is 5.73 Å². The summed E-state index contributed by atoms with van der Waals surface area (Å²) in [7, 11) is 0. The minimum atomic E-state index is -0.420. The highest BCUT2D eigenvalue weighted by molar-refractivity contribution is 5.77. The minimum absolute atomic E-state index is 0.100. The smallest absolute Gasteiger partial charge is 0.221 e. The van der Waals surface area contributed by atoms with Crippen molar-refractivity contribution < 1.29 is 9.90 Å². The predicted molar refractivity (Wildman–Crippen MR) is 59.8 cm³/mol. The normalized spacial score (nSPS) is 10.3. The number of aromatic hydroxyl groups is 1. The Labute approximate surface area is 89.9 Å². The van der Waals surface area contributed by atoms with Gasteiger partial charge in [0, 0.05) is 5.56 Å². The van der Waals surface area contributed by atoms with E-state index in [1.54, 1.807) is 6.07 Å². The van der Waals surface area contributed by atoms with Gasteiger partial charge in [0.25, 0.3) is 0 Å². The van der Waals surface area contributed by atoms with Gasteiger partial charge in [0.2, 0.25) is 5.91 Å². The number of carbonyl (C=O) groups is 1. The molecule has 1 aromatic rings. The topological polar surface area (TPSA) is 63.3 Å². The Morgan fingerprint density at radius 1 is 1.27 bits per heavy atom. The molecular weight excluding hydrogens is 190 g/mol. The third-order valence-electron chi connectivity index (χ3n) is 2.56. The molecule has 82 valence electrons. The molecule has 0 atom stereocenters. The van der Waals surface area contributed by atoms with E-state index in [0.29, 0.717) is 5.56 Å². The van der Waals surface area contributed by atoms with Gasteiger partial charge in [-0.15, -0.1) is 0 Å². The quantitative estimate of drug-likeness (QED) is 0.786. The van der Waals surface area contributed by atoms with Crippen LogP contribution in [0.1, 0.15) is 30.5 Å². The van der Waals surface area contributed by atoms with Gasteiger partial charge in [-0.25, -0.2) is 0 Å². The van der Waals surface area contributed by atoms with Crippen molar-refractivity contribution >= 4 is 5.91 Å². The second-order valence-corrected chi connectivity index (χ2v) is 3.56. The molecule has 0 aliphatic heterocycles. The lowest BCUT2D eigenvalue weighted by atomic mass is 9.97. The molecule has 1 aromatic carbocycles. The standard InChI is InChI=1S/C12H17NO2/c1-3-8-5-6-9(7-11(13)14)12(15)10(8)4-2/h5-6,15H,3-4,7H2,1-2H3,(H2,13,14). The first-order chi connectivity index (χ1) is 7.10. The van der Waals surface area contributed by atoms with E-state index in [0.717, 1.165) is 24.0 Å². The summed E-state index contributed by atoms with van der Waals surface area (Å²) in [4.78, 5) is 10.8. The number of hydrogen-bond donors (Lipinski definition) is 2. The predicted octanol–water partition coefficient (Wildman–Crippen LogP) is 1.54. The number of rotatable bonds is 4. The molecule has 1 rings (SSSR count). The van der Waals surface area contributed by atoms with E-state index in [1.807, 2.05) is 19.9 Å². The Kier molecular flexibility index (Phi) is 3.72. The summed E-state index contributed by atoms with van der Waals surface area (Å²) >= 11 is 0. The van der Waals surface area contributed by atoms with Crippen molar-refractivity contribution in [1.29, 1.82) is 0 Å². The van der Waals surface area contributed by atoms with Crippen LogP contribution < -0.4 is 5.73 Å². The van der Waals surface area contributed by atoms with Gasteiger partial charge in [0.1, 0.15) is 5.75 Å². The van der Waals surface area contributed by atoms with Crippen LogP contribution in [0.2, 0.25) is 0 Å². The summed E-state index contributed by atoms with van der Waals surface area (Å²) in [5.74, 6) is -0.188. The molecule has 3 heteroatoms. The van der Waals surface area contributed by atoms with E-state index in [2.05, 4.69) is 0 Å². The van der Waals surface area contributed by atoms with Gasteiger partial charge in [-0.2, -0.15) is 0 Å². The molecule has 0 aliphatic carbocycles. The van der Waals surface area contributed by atoms with Crippen LogP contribution in [-0.2, 0) is 24.1 Å². The molecule has 0 radical (unpaired) electrons. The Hall–Kier alpha value is -1.51. The van der Waals surface area contributed by atoms with Crippen molar-refractivity contribution in [3.8, 4) is 5.75 Å². The Morgan fingerprint density at radius 2 is 1.87 bits per heavy atom. The maximum Gasteiger partial charge on any atom is 0.221 e. The average Bonchev–Trinajstić information content (AvgIpc) is 2.20. The van der Waals surface area contributed by atoms with Crippen LogP contribution in [0.5, 0.6) is 5.75 Å². The van der Waals surface area contributed by atoms with Gasteiger partial charge in [-0.3, -0.25) is 4.79 Å². The van der Waals surface area contributed by atoms with Crippen molar-refractivity contribution in [2.75, 3.05) is 0 Å². The molecule has 0 fully saturated rings. The highest BCUT2D eigenvalue weighted by Crippen LogP contribution is 2.27. The maximum atomic E-state index is 10.8. The zero-order valence-electron chi connectivity index (χ0n) is 9.21. The van der Waals surface area contributed by atoms with Crippen LogP contribution in [0, 0.1) is 0 Å². The van der Waals surface area contributed by atoms with Crippen molar-refractivity contribution in [3.05, 3.63) is 28.8 Å². The molecule has 0 aliphatic rings. The van der Waals surface area contributed by atoms with Gasteiger partial charge in [-0.05, 0) is 24.0 Å². The molecule has 0 unspecified atom stereocenters.